The van der Waals surface area contributed by atoms with E-state index in [4.69, 9.17) is 14.4 Å². The molecule has 32 heavy (non-hydrogen) atoms. The molecule has 0 radical (unpaired) electrons. The van der Waals surface area contributed by atoms with Crippen molar-refractivity contribution in [3.63, 3.8) is 0 Å². The summed E-state index contributed by atoms with van der Waals surface area (Å²) in [5.74, 6) is -2.23. The van der Waals surface area contributed by atoms with Gasteiger partial charge in [0.1, 0.15) is 0 Å². The second kappa shape index (κ2) is 9.40. The number of hydrogen-bond acceptors (Lipinski definition) is 6. The Morgan fingerprint density at radius 3 is 2.53 bits per heavy atom. The Bertz CT molecular complexity index is 932. The number of carboxylic acid groups (broad SMARTS) is 1. The van der Waals surface area contributed by atoms with Crippen LogP contribution in [-0.4, -0.2) is 79.0 Å². The van der Waals surface area contributed by atoms with Crippen LogP contribution in [0.25, 0.3) is 0 Å². The summed E-state index contributed by atoms with van der Waals surface area (Å²) in [6, 6.07) is 3.79. The van der Waals surface area contributed by atoms with E-state index in [1.807, 2.05) is 26.7 Å². The van der Waals surface area contributed by atoms with E-state index in [2.05, 4.69) is 10.3 Å². The number of piperidine rings is 1. The highest BCUT2D eigenvalue weighted by Gasteiger charge is 2.46. The minimum Gasteiger partial charge on any atom is -0.475 e. The maximum absolute atomic E-state index is 12.5. The van der Waals surface area contributed by atoms with E-state index in [-0.39, 0.29) is 35.6 Å². The van der Waals surface area contributed by atoms with Crippen LogP contribution >= 0.6 is 0 Å². The lowest BCUT2D eigenvalue weighted by molar-refractivity contribution is -0.192. The number of alkyl halides is 3. The number of fused-ring (bicyclic) bond motifs is 1. The SMILES string of the molecule is CC(=O)N1C(Cn2cccn2)C[C@@H]2CN(C(=O)c3ccno3)CC[C@@H]21.O=C(O)C(F)(F)F. The van der Waals surface area contributed by atoms with Crippen molar-refractivity contribution >= 4 is 17.8 Å². The molecule has 174 valence electrons. The fourth-order valence-corrected chi connectivity index (χ4v) is 4.30. The zero-order chi connectivity index (χ0) is 23.5. The van der Waals surface area contributed by atoms with Gasteiger partial charge < -0.3 is 19.4 Å². The Kier molecular flexibility index (Phi) is 6.84. The molecular formula is C19H22F3N5O5. The molecule has 3 atom stereocenters. The van der Waals surface area contributed by atoms with Gasteiger partial charge in [0.25, 0.3) is 5.91 Å². The summed E-state index contributed by atoms with van der Waals surface area (Å²) in [5.41, 5.74) is 0. The largest absolute Gasteiger partial charge is 0.490 e. The number of carbonyl (C=O) groups is 3. The first-order chi connectivity index (χ1) is 15.1. The number of nitrogens with zero attached hydrogens (tertiary/aromatic N) is 5. The molecule has 2 amide bonds. The van der Waals surface area contributed by atoms with Crippen molar-refractivity contribution < 1.29 is 37.2 Å². The molecule has 2 aliphatic heterocycles. The van der Waals surface area contributed by atoms with Gasteiger partial charge in [-0.15, -0.1) is 0 Å². The zero-order valence-corrected chi connectivity index (χ0v) is 17.1. The number of amides is 2. The molecule has 2 aromatic heterocycles. The van der Waals surface area contributed by atoms with Crippen LogP contribution < -0.4 is 0 Å². The van der Waals surface area contributed by atoms with Gasteiger partial charge >= 0.3 is 12.1 Å². The molecule has 0 spiro atoms. The van der Waals surface area contributed by atoms with Crippen LogP contribution in [0.5, 0.6) is 0 Å². The Morgan fingerprint density at radius 1 is 1.28 bits per heavy atom. The lowest BCUT2D eigenvalue weighted by Gasteiger charge is -2.38. The Morgan fingerprint density at radius 2 is 2.00 bits per heavy atom. The topological polar surface area (TPSA) is 122 Å². The summed E-state index contributed by atoms with van der Waals surface area (Å²) in [6.45, 7) is 3.59. The lowest BCUT2D eigenvalue weighted by Crippen LogP contribution is -2.50. The summed E-state index contributed by atoms with van der Waals surface area (Å²) in [4.78, 5) is 37.4. The van der Waals surface area contributed by atoms with Crippen LogP contribution in [0, 0.1) is 5.92 Å². The predicted octanol–water partition coefficient (Wildman–Crippen LogP) is 1.66. The maximum Gasteiger partial charge on any atom is 0.490 e. The van der Waals surface area contributed by atoms with Crippen LogP contribution in [0.1, 0.15) is 30.3 Å². The standard InChI is InChI=1S/C17H21N5O3.C2HF3O2/c1-12(23)22-14(11-21-7-2-5-18-21)9-13-10-20(8-4-15(13)22)17(24)16-3-6-19-25-16;3-2(4,5)1(6)7/h2-3,5-7,13-15H,4,8-11H2,1H3;(H,6,7)/t13-,14?,15+;/m1./s1. The third kappa shape index (κ3) is 5.26. The fraction of sp³-hybridized carbons (Fsp3) is 0.526. The molecule has 10 nitrogen and oxygen atoms in total. The molecular weight excluding hydrogens is 435 g/mol. The Labute approximate surface area is 180 Å². The smallest absolute Gasteiger partial charge is 0.475 e. The van der Waals surface area contributed by atoms with Gasteiger partial charge in [0.05, 0.1) is 18.8 Å². The number of carboxylic acids is 1. The van der Waals surface area contributed by atoms with Gasteiger partial charge in [-0.2, -0.15) is 18.3 Å². The van der Waals surface area contributed by atoms with E-state index in [1.165, 1.54) is 6.20 Å². The quantitative estimate of drug-likeness (QED) is 0.744. The van der Waals surface area contributed by atoms with Gasteiger partial charge in [-0.05, 0) is 24.8 Å². The molecule has 13 heteroatoms. The number of rotatable bonds is 3. The summed E-state index contributed by atoms with van der Waals surface area (Å²) < 4.78 is 38.6. The van der Waals surface area contributed by atoms with Crippen molar-refractivity contribution in [3.05, 3.63) is 36.5 Å². The van der Waals surface area contributed by atoms with Crippen LogP contribution in [0.2, 0.25) is 0 Å². The highest BCUT2D eigenvalue weighted by molar-refractivity contribution is 5.91. The number of halogens is 3. The molecule has 4 heterocycles. The highest BCUT2D eigenvalue weighted by Crippen LogP contribution is 2.36. The Hall–Kier alpha value is -3.38. The second-order valence-electron chi connectivity index (χ2n) is 7.59. The number of carbonyl (C=O) groups excluding carboxylic acids is 2. The average molecular weight is 457 g/mol. The van der Waals surface area contributed by atoms with Crippen molar-refractivity contribution in [2.75, 3.05) is 13.1 Å². The monoisotopic (exact) mass is 457 g/mol. The molecule has 2 aromatic rings. The van der Waals surface area contributed by atoms with Crippen molar-refractivity contribution in [1.82, 2.24) is 24.7 Å². The van der Waals surface area contributed by atoms with E-state index in [1.54, 1.807) is 19.2 Å². The maximum atomic E-state index is 12.5. The molecule has 0 aliphatic carbocycles. The van der Waals surface area contributed by atoms with Gasteiger partial charge in [0, 0.05) is 44.5 Å². The van der Waals surface area contributed by atoms with Gasteiger partial charge in [-0.3, -0.25) is 14.3 Å². The molecule has 2 fully saturated rings. The highest BCUT2D eigenvalue weighted by atomic mass is 19.4. The third-order valence-corrected chi connectivity index (χ3v) is 5.52. The molecule has 4 rings (SSSR count). The number of hydrogen-bond donors (Lipinski definition) is 1. The van der Waals surface area contributed by atoms with E-state index < -0.39 is 12.1 Å². The first-order valence-electron chi connectivity index (χ1n) is 9.84. The number of aromatic nitrogens is 3. The van der Waals surface area contributed by atoms with E-state index >= 15 is 0 Å². The normalized spacial score (nSPS) is 22.7. The van der Waals surface area contributed by atoms with E-state index in [0.29, 0.717) is 19.6 Å². The second-order valence-corrected chi connectivity index (χ2v) is 7.59. The van der Waals surface area contributed by atoms with Crippen LogP contribution in [-0.2, 0) is 16.1 Å². The number of aliphatic carboxylic acids is 1. The molecule has 2 aliphatic rings. The summed E-state index contributed by atoms with van der Waals surface area (Å²) in [6.07, 6.45) is 1.73. The zero-order valence-electron chi connectivity index (χ0n) is 17.1. The predicted molar refractivity (Wildman–Crippen MR) is 101 cm³/mol. The first kappa shape index (κ1) is 23.3. The number of likely N-dealkylation sites (tertiary alicyclic amines) is 2. The summed E-state index contributed by atoms with van der Waals surface area (Å²) >= 11 is 0. The Balaban J connectivity index is 0.000000360. The fourth-order valence-electron chi connectivity index (χ4n) is 4.30. The van der Waals surface area contributed by atoms with Gasteiger partial charge in [-0.1, -0.05) is 5.16 Å². The molecule has 1 unspecified atom stereocenters. The van der Waals surface area contributed by atoms with Crippen LogP contribution in [0.3, 0.4) is 0 Å². The molecule has 0 bridgehead atoms. The lowest BCUT2D eigenvalue weighted by atomic mass is 9.92. The molecule has 1 N–H and O–H groups in total. The van der Waals surface area contributed by atoms with E-state index in [0.717, 1.165) is 12.8 Å². The van der Waals surface area contributed by atoms with Gasteiger partial charge in [0.15, 0.2) is 0 Å². The van der Waals surface area contributed by atoms with Crippen LogP contribution in [0.15, 0.2) is 35.2 Å². The van der Waals surface area contributed by atoms with Crippen molar-refractivity contribution in [1.29, 1.82) is 0 Å². The van der Waals surface area contributed by atoms with Crippen molar-refractivity contribution in [2.24, 2.45) is 5.92 Å². The summed E-state index contributed by atoms with van der Waals surface area (Å²) in [7, 11) is 0. The molecule has 0 aromatic carbocycles. The minimum absolute atomic E-state index is 0.0969. The van der Waals surface area contributed by atoms with Crippen molar-refractivity contribution in [2.45, 2.75) is 44.6 Å². The van der Waals surface area contributed by atoms with Gasteiger partial charge in [-0.25, -0.2) is 4.79 Å². The van der Waals surface area contributed by atoms with Gasteiger partial charge in [0.2, 0.25) is 11.7 Å². The minimum atomic E-state index is -5.08. The van der Waals surface area contributed by atoms with E-state index in [9.17, 15) is 22.8 Å². The summed E-state index contributed by atoms with van der Waals surface area (Å²) in [5, 5.41) is 15.0. The first-order valence-corrected chi connectivity index (χ1v) is 9.84. The third-order valence-electron chi connectivity index (χ3n) is 5.52. The molecule has 0 saturated carbocycles. The van der Waals surface area contributed by atoms with Crippen LogP contribution in [0.4, 0.5) is 13.2 Å². The molecule has 2 saturated heterocycles. The van der Waals surface area contributed by atoms with Crippen molar-refractivity contribution in [3.8, 4) is 0 Å². The average Bonchev–Trinajstić information content (AvgIpc) is 3.47.